The Morgan fingerprint density at radius 1 is 1.33 bits per heavy atom. The van der Waals surface area contributed by atoms with Gasteiger partial charge in [0.15, 0.2) is 0 Å². The summed E-state index contributed by atoms with van der Waals surface area (Å²) in [4.78, 5) is 11.4. The van der Waals surface area contributed by atoms with Crippen molar-refractivity contribution in [3.8, 4) is 0 Å². The summed E-state index contributed by atoms with van der Waals surface area (Å²) in [6.45, 7) is 7.15. The predicted octanol–water partition coefficient (Wildman–Crippen LogP) is 1.65. The lowest BCUT2D eigenvalue weighted by molar-refractivity contribution is -0.122. The third-order valence-corrected chi connectivity index (χ3v) is 2.78. The first-order valence-corrected chi connectivity index (χ1v) is 6.56. The molecule has 0 heterocycles. The van der Waals surface area contributed by atoms with Crippen molar-refractivity contribution in [2.75, 3.05) is 24.7 Å². The number of hydrogen-bond donors (Lipinski definition) is 2. The Bertz CT molecular complexity index is 178. The van der Waals surface area contributed by atoms with E-state index in [0.29, 0.717) is 6.42 Å². The molecule has 0 aliphatic carbocycles. The third kappa shape index (κ3) is 11.7. The standard InChI is InChI=1S/C11H23NO2S/c1-11(2,3)9-10(14)12-5-8-15-7-4-6-13/h13H,4-9H2,1-3H3,(H,12,14). The van der Waals surface area contributed by atoms with Gasteiger partial charge in [0, 0.05) is 25.3 Å². The predicted molar refractivity (Wildman–Crippen MR) is 66.1 cm³/mol. The van der Waals surface area contributed by atoms with Gasteiger partial charge in [-0.2, -0.15) is 11.8 Å². The molecule has 0 aromatic carbocycles. The lowest BCUT2D eigenvalue weighted by atomic mass is 9.92. The summed E-state index contributed by atoms with van der Waals surface area (Å²) in [5.74, 6) is 2.02. The Morgan fingerprint density at radius 2 is 2.00 bits per heavy atom. The number of amides is 1. The Balaban J connectivity index is 3.32. The summed E-state index contributed by atoms with van der Waals surface area (Å²) in [5.41, 5.74) is 0.0636. The fourth-order valence-corrected chi connectivity index (χ4v) is 1.86. The van der Waals surface area contributed by atoms with Crippen molar-refractivity contribution in [1.82, 2.24) is 5.32 Å². The van der Waals surface area contributed by atoms with Crippen LogP contribution in [0.1, 0.15) is 33.6 Å². The van der Waals surface area contributed by atoms with E-state index in [1.807, 2.05) is 0 Å². The van der Waals surface area contributed by atoms with Crippen molar-refractivity contribution >= 4 is 17.7 Å². The van der Waals surface area contributed by atoms with Crippen LogP contribution >= 0.6 is 11.8 Å². The molecule has 0 rings (SSSR count). The van der Waals surface area contributed by atoms with Crippen LogP contribution in [-0.2, 0) is 4.79 Å². The van der Waals surface area contributed by atoms with Gasteiger partial charge in [0.2, 0.25) is 5.91 Å². The fraction of sp³-hybridized carbons (Fsp3) is 0.909. The molecular formula is C11H23NO2S. The number of nitrogens with one attached hydrogen (secondary N) is 1. The van der Waals surface area contributed by atoms with Gasteiger partial charge in [0.05, 0.1) is 0 Å². The van der Waals surface area contributed by atoms with E-state index >= 15 is 0 Å². The normalized spacial score (nSPS) is 11.5. The SMILES string of the molecule is CC(C)(C)CC(=O)NCCSCCCO. The molecule has 0 atom stereocenters. The van der Waals surface area contributed by atoms with Crippen molar-refractivity contribution in [2.45, 2.75) is 33.6 Å². The molecule has 0 radical (unpaired) electrons. The summed E-state index contributed by atoms with van der Waals surface area (Å²) in [7, 11) is 0. The first-order valence-electron chi connectivity index (χ1n) is 5.41. The lowest BCUT2D eigenvalue weighted by Gasteiger charge is -2.17. The molecule has 0 aliphatic heterocycles. The van der Waals surface area contributed by atoms with Crippen LogP contribution in [0, 0.1) is 5.41 Å². The van der Waals surface area contributed by atoms with Gasteiger partial charge in [-0.1, -0.05) is 20.8 Å². The van der Waals surface area contributed by atoms with Crippen molar-refractivity contribution in [2.24, 2.45) is 5.41 Å². The van der Waals surface area contributed by atoms with E-state index in [1.165, 1.54) is 0 Å². The molecule has 0 unspecified atom stereocenters. The Labute approximate surface area is 97.0 Å². The van der Waals surface area contributed by atoms with Gasteiger partial charge in [-0.3, -0.25) is 4.79 Å². The molecule has 0 aliphatic rings. The van der Waals surface area contributed by atoms with Crippen LogP contribution in [0.25, 0.3) is 0 Å². The van der Waals surface area contributed by atoms with Crippen LogP contribution in [-0.4, -0.2) is 35.7 Å². The van der Waals surface area contributed by atoms with Gasteiger partial charge in [-0.05, 0) is 17.6 Å². The fourth-order valence-electron chi connectivity index (χ4n) is 1.08. The van der Waals surface area contributed by atoms with Crippen LogP contribution in [0.2, 0.25) is 0 Å². The topological polar surface area (TPSA) is 49.3 Å². The zero-order valence-corrected chi connectivity index (χ0v) is 10.8. The highest BCUT2D eigenvalue weighted by Gasteiger charge is 2.14. The molecule has 0 aromatic rings. The second-order valence-corrected chi connectivity index (χ2v) is 6.00. The second kappa shape index (κ2) is 7.99. The highest BCUT2D eigenvalue weighted by molar-refractivity contribution is 7.99. The number of aliphatic hydroxyl groups excluding tert-OH is 1. The Hall–Kier alpha value is -0.220. The molecule has 90 valence electrons. The van der Waals surface area contributed by atoms with Crippen LogP contribution in [0.3, 0.4) is 0 Å². The van der Waals surface area contributed by atoms with Gasteiger partial charge in [0.1, 0.15) is 0 Å². The average Bonchev–Trinajstić information content (AvgIpc) is 2.08. The molecule has 1 amide bonds. The molecule has 0 spiro atoms. The average molecular weight is 233 g/mol. The van der Waals surface area contributed by atoms with E-state index in [0.717, 1.165) is 24.5 Å². The second-order valence-electron chi connectivity index (χ2n) is 4.78. The van der Waals surface area contributed by atoms with Gasteiger partial charge in [-0.25, -0.2) is 0 Å². The quantitative estimate of drug-likeness (QED) is 0.657. The first kappa shape index (κ1) is 14.8. The van der Waals surface area contributed by atoms with E-state index in [-0.39, 0.29) is 17.9 Å². The summed E-state index contributed by atoms with van der Waals surface area (Å²) < 4.78 is 0. The molecule has 0 saturated heterocycles. The minimum Gasteiger partial charge on any atom is -0.396 e. The van der Waals surface area contributed by atoms with E-state index in [9.17, 15) is 4.79 Å². The smallest absolute Gasteiger partial charge is 0.220 e. The number of thioether (sulfide) groups is 1. The van der Waals surface area contributed by atoms with Crippen LogP contribution in [0.4, 0.5) is 0 Å². The summed E-state index contributed by atoms with van der Waals surface area (Å²) in [6.07, 6.45) is 1.41. The summed E-state index contributed by atoms with van der Waals surface area (Å²) in [5, 5.41) is 11.4. The van der Waals surface area contributed by atoms with E-state index in [4.69, 9.17) is 5.11 Å². The van der Waals surface area contributed by atoms with Gasteiger partial charge >= 0.3 is 0 Å². The van der Waals surface area contributed by atoms with Crippen LogP contribution in [0.15, 0.2) is 0 Å². The number of carbonyl (C=O) groups excluding carboxylic acids is 1. The highest BCUT2D eigenvalue weighted by atomic mass is 32.2. The molecule has 3 nitrogen and oxygen atoms in total. The zero-order chi connectivity index (χ0) is 11.7. The van der Waals surface area contributed by atoms with Crippen LogP contribution < -0.4 is 5.32 Å². The monoisotopic (exact) mass is 233 g/mol. The van der Waals surface area contributed by atoms with E-state index in [1.54, 1.807) is 11.8 Å². The minimum absolute atomic E-state index is 0.0636. The van der Waals surface area contributed by atoms with Crippen molar-refractivity contribution in [1.29, 1.82) is 0 Å². The van der Waals surface area contributed by atoms with Crippen LogP contribution in [0.5, 0.6) is 0 Å². The molecule has 4 heteroatoms. The maximum atomic E-state index is 11.4. The number of aliphatic hydroxyl groups is 1. The zero-order valence-electron chi connectivity index (χ0n) is 10.0. The molecule has 15 heavy (non-hydrogen) atoms. The minimum atomic E-state index is 0.0636. The van der Waals surface area contributed by atoms with Crippen molar-refractivity contribution < 1.29 is 9.90 Å². The number of hydrogen-bond acceptors (Lipinski definition) is 3. The molecular weight excluding hydrogens is 210 g/mol. The summed E-state index contributed by atoms with van der Waals surface area (Å²) >= 11 is 1.76. The van der Waals surface area contributed by atoms with Gasteiger partial charge < -0.3 is 10.4 Å². The van der Waals surface area contributed by atoms with Gasteiger partial charge in [-0.15, -0.1) is 0 Å². The Kier molecular flexibility index (Phi) is 7.88. The largest absolute Gasteiger partial charge is 0.396 e. The molecule has 0 fully saturated rings. The Morgan fingerprint density at radius 3 is 2.53 bits per heavy atom. The lowest BCUT2D eigenvalue weighted by Crippen LogP contribution is -2.29. The van der Waals surface area contributed by atoms with E-state index in [2.05, 4.69) is 26.1 Å². The maximum Gasteiger partial charge on any atom is 0.220 e. The molecule has 0 aromatic heterocycles. The van der Waals surface area contributed by atoms with Crippen molar-refractivity contribution in [3.05, 3.63) is 0 Å². The van der Waals surface area contributed by atoms with E-state index < -0.39 is 0 Å². The number of rotatable bonds is 7. The van der Waals surface area contributed by atoms with Gasteiger partial charge in [0.25, 0.3) is 0 Å². The summed E-state index contributed by atoms with van der Waals surface area (Å²) in [6, 6.07) is 0. The molecule has 0 bridgehead atoms. The number of carbonyl (C=O) groups is 1. The first-order chi connectivity index (χ1) is 6.95. The third-order valence-electron chi connectivity index (χ3n) is 1.71. The highest BCUT2D eigenvalue weighted by Crippen LogP contribution is 2.17. The maximum absolute atomic E-state index is 11.4. The molecule has 0 saturated carbocycles. The van der Waals surface area contributed by atoms with Crippen molar-refractivity contribution in [3.63, 3.8) is 0 Å². The molecule has 2 N–H and O–H groups in total.